The third-order valence-electron chi connectivity index (χ3n) is 2.71. The van der Waals surface area contributed by atoms with E-state index in [-0.39, 0.29) is 5.97 Å². The lowest BCUT2D eigenvalue weighted by molar-refractivity contribution is 0.0600. The molecule has 1 heterocycles. The zero-order valence-corrected chi connectivity index (χ0v) is 11.1. The highest BCUT2D eigenvalue weighted by Crippen LogP contribution is 2.21. The van der Waals surface area contributed by atoms with Gasteiger partial charge in [-0.25, -0.2) is 9.78 Å². The number of nitrogens with two attached hydrogens (primary N) is 1. The van der Waals surface area contributed by atoms with Crippen LogP contribution in [0.4, 0.5) is 5.13 Å². The molecule has 18 heavy (non-hydrogen) atoms. The number of ether oxygens (including phenoxy) is 1. The van der Waals surface area contributed by atoms with E-state index in [1.165, 1.54) is 18.4 Å². The van der Waals surface area contributed by atoms with Gasteiger partial charge in [-0.15, -0.1) is 11.3 Å². The fourth-order valence-electron chi connectivity index (χ4n) is 1.70. The molecule has 0 saturated carbocycles. The van der Waals surface area contributed by atoms with E-state index < -0.39 is 0 Å². The van der Waals surface area contributed by atoms with Gasteiger partial charge in [0.25, 0.3) is 0 Å². The molecule has 0 aliphatic heterocycles. The first-order valence-electron chi connectivity index (χ1n) is 5.48. The van der Waals surface area contributed by atoms with Gasteiger partial charge in [-0.1, -0.05) is 6.07 Å². The van der Waals surface area contributed by atoms with Gasteiger partial charge in [0, 0.05) is 17.5 Å². The van der Waals surface area contributed by atoms with E-state index in [2.05, 4.69) is 4.98 Å². The Balaban J connectivity index is 2.29. The molecule has 0 amide bonds. The highest BCUT2D eigenvalue weighted by atomic mass is 32.1. The minimum Gasteiger partial charge on any atom is -0.465 e. The molecule has 1 aromatic carbocycles. The van der Waals surface area contributed by atoms with Crippen LogP contribution in [0.5, 0.6) is 0 Å². The van der Waals surface area contributed by atoms with Crippen LogP contribution >= 0.6 is 11.3 Å². The van der Waals surface area contributed by atoms with Crippen LogP contribution < -0.4 is 5.73 Å². The summed E-state index contributed by atoms with van der Waals surface area (Å²) in [7, 11) is 1.38. The molecule has 2 N–H and O–H groups in total. The molecule has 1 aromatic heterocycles. The maximum absolute atomic E-state index is 11.5. The average molecular weight is 262 g/mol. The summed E-state index contributed by atoms with van der Waals surface area (Å²) < 4.78 is 4.72. The fraction of sp³-hybridized carbons (Fsp3) is 0.231. The molecule has 0 spiro atoms. The number of carbonyl (C=O) groups excluding carboxylic acids is 1. The van der Waals surface area contributed by atoms with Gasteiger partial charge in [0.1, 0.15) is 0 Å². The van der Waals surface area contributed by atoms with Crippen LogP contribution in [0, 0.1) is 6.92 Å². The van der Waals surface area contributed by atoms with Gasteiger partial charge < -0.3 is 10.5 Å². The lowest BCUT2D eigenvalue weighted by Crippen LogP contribution is -2.03. The van der Waals surface area contributed by atoms with Crippen molar-refractivity contribution in [2.75, 3.05) is 12.8 Å². The Kier molecular flexibility index (Phi) is 3.62. The molecule has 2 rings (SSSR count). The molecule has 0 saturated heterocycles. The molecule has 0 aliphatic carbocycles. The van der Waals surface area contributed by atoms with Crippen LogP contribution in [-0.4, -0.2) is 18.1 Å². The Labute approximate surface area is 109 Å². The molecule has 0 atom stereocenters. The Hall–Kier alpha value is -1.88. The average Bonchev–Trinajstić information content (AvgIpc) is 2.76. The van der Waals surface area contributed by atoms with Gasteiger partial charge in [0.2, 0.25) is 0 Å². The van der Waals surface area contributed by atoms with Gasteiger partial charge in [-0.05, 0) is 30.2 Å². The predicted octanol–water partition coefficient (Wildman–Crippen LogP) is 2.41. The molecule has 0 aliphatic rings. The third kappa shape index (κ3) is 2.68. The summed E-state index contributed by atoms with van der Waals surface area (Å²) in [6.45, 7) is 2.01. The van der Waals surface area contributed by atoms with Crippen LogP contribution in [0.3, 0.4) is 0 Å². The summed E-state index contributed by atoms with van der Waals surface area (Å²) >= 11 is 1.46. The van der Waals surface area contributed by atoms with E-state index in [1.54, 1.807) is 12.3 Å². The highest BCUT2D eigenvalue weighted by Gasteiger charge is 2.09. The number of rotatable bonds is 3. The number of aromatic nitrogens is 1. The predicted molar refractivity (Wildman–Crippen MR) is 71.9 cm³/mol. The summed E-state index contributed by atoms with van der Waals surface area (Å²) in [5.41, 5.74) is 8.39. The summed E-state index contributed by atoms with van der Waals surface area (Å²) in [5, 5.41) is 0.562. The fourth-order valence-corrected chi connectivity index (χ4v) is 2.41. The molecule has 94 valence electrons. The Morgan fingerprint density at radius 3 is 2.89 bits per heavy atom. The molecule has 0 radical (unpaired) electrons. The summed E-state index contributed by atoms with van der Waals surface area (Å²) in [6, 6.07) is 5.55. The Morgan fingerprint density at radius 2 is 2.28 bits per heavy atom. The van der Waals surface area contributed by atoms with Crippen molar-refractivity contribution in [2.45, 2.75) is 13.3 Å². The van der Waals surface area contributed by atoms with E-state index >= 15 is 0 Å². The number of thiazole rings is 1. The summed E-state index contributed by atoms with van der Waals surface area (Å²) in [6.07, 6.45) is 2.50. The number of methoxy groups -OCH3 is 1. The van der Waals surface area contributed by atoms with E-state index in [0.717, 1.165) is 22.4 Å². The molecule has 0 bridgehead atoms. The van der Waals surface area contributed by atoms with Gasteiger partial charge in [-0.3, -0.25) is 0 Å². The van der Waals surface area contributed by atoms with E-state index in [9.17, 15) is 4.79 Å². The van der Waals surface area contributed by atoms with E-state index in [0.29, 0.717) is 10.7 Å². The zero-order chi connectivity index (χ0) is 13.1. The largest absolute Gasteiger partial charge is 0.465 e. The lowest BCUT2D eigenvalue weighted by atomic mass is 10.0. The molecule has 0 unspecified atom stereocenters. The first-order valence-corrected chi connectivity index (χ1v) is 6.30. The number of carbonyl (C=O) groups is 1. The second kappa shape index (κ2) is 5.18. The molecular weight excluding hydrogens is 248 g/mol. The Morgan fingerprint density at radius 1 is 1.50 bits per heavy atom. The number of hydrogen-bond acceptors (Lipinski definition) is 5. The van der Waals surface area contributed by atoms with Crippen LogP contribution in [-0.2, 0) is 11.2 Å². The molecule has 2 aromatic rings. The summed E-state index contributed by atoms with van der Waals surface area (Å²) in [4.78, 5) is 16.6. The standard InChI is InChI=1S/C13H14N2O2S/c1-8-3-4-9(12(16)17-2)5-10(8)6-11-7-15-13(14)18-11/h3-5,7H,6H2,1-2H3,(H2,14,15). The van der Waals surface area contributed by atoms with Gasteiger partial charge in [0.15, 0.2) is 5.13 Å². The molecule has 5 heteroatoms. The number of nitrogens with zero attached hydrogens (tertiary/aromatic N) is 1. The van der Waals surface area contributed by atoms with E-state index in [1.807, 2.05) is 19.1 Å². The second-order valence-corrected chi connectivity index (χ2v) is 5.12. The van der Waals surface area contributed by atoms with Crippen molar-refractivity contribution in [3.8, 4) is 0 Å². The SMILES string of the molecule is COC(=O)c1ccc(C)c(Cc2cnc(N)s2)c1. The molecular formula is C13H14N2O2S. The quantitative estimate of drug-likeness (QED) is 0.863. The highest BCUT2D eigenvalue weighted by molar-refractivity contribution is 7.15. The number of esters is 1. The monoisotopic (exact) mass is 262 g/mol. The lowest BCUT2D eigenvalue weighted by Gasteiger charge is -2.06. The third-order valence-corrected chi connectivity index (χ3v) is 3.53. The summed E-state index contributed by atoms with van der Waals surface area (Å²) in [5.74, 6) is -0.319. The van der Waals surface area contributed by atoms with Gasteiger partial charge >= 0.3 is 5.97 Å². The minimum atomic E-state index is -0.319. The van der Waals surface area contributed by atoms with Crippen LogP contribution in [0.1, 0.15) is 26.4 Å². The second-order valence-electron chi connectivity index (χ2n) is 3.97. The maximum atomic E-state index is 11.5. The van der Waals surface area contributed by atoms with Crippen molar-refractivity contribution < 1.29 is 9.53 Å². The van der Waals surface area contributed by atoms with Crippen molar-refractivity contribution in [1.29, 1.82) is 0 Å². The van der Waals surface area contributed by atoms with Gasteiger partial charge in [-0.2, -0.15) is 0 Å². The van der Waals surface area contributed by atoms with Gasteiger partial charge in [0.05, 0.1) is 12.7 Å². The smallest absolute Gasteiger partial charge is 0.337 e. The first-order chi connectivity index (χ1) is 8.60. The number of anilines is 1. The van der Waals surface area contributed by atoms with Crippen LogP contribution in [0.25, 0.3) is 0 Å². The Bertz CT molecular complexity index is 578. The topological polar surface area (TPSA) is 65.2 Å². The van der Waals surface area contributed by atoms with Crippen molar-refractivity contribution in [3.05, 3.63) is 46.0 Å². The van der Waals surface area contributed by atoms with Crippen molar-refractivity contribution in [2.24, 2.45) is 0 Å². The van der Waals surface area contributed by atoms with Crippen LogP contribution in [0.15, 0.2) is 24.4 Å². The zero-order valence-electron chi connectivity index (χ0n) is 10.3. The first kappa shape index (κ1) is 12.6. The van der Waals surface area contributed by atoms with Crippen LogP contribution in [0.2, 0.25) is 0 Å². The van der Waals surface area contributed by atoms with Crippen molar-refractivity contribution in [3.63, 3.8) is 0 Å². The van der Waals surface area contributed by atoms with Crippen molar-refractivity contribution in [1.82, 2.24) is 4.98 Å². The number of aryl methyl sites for hydroxylation is 1. The number of benzene rings is 1. The normalized spacial score (nSPS) is 10.3. The van der Waals surface area contributed by atoms with E-state index in [4.69, 9.17) is 10.5 Å². The minimum absolute atomic E-state index is 0.319. The molecule has 0 fully saturated rings. The molecule has 4 nitrogen and oxygen atoms in total. The number of nitrogen functional groups attached to an aromatic ring is 1. The number of hydrogen-bond donors (Lipinski definition) is 1. The van der Waals surface area contributed by atoms with Crippen molar-refractivity contribution >= 4 is 22.4 Å². The maximum Gasteiger partial charge on any atom is 0.337 e.